The number of carbonyl (C=O) groups excluding carboxylic acids is 3. The number of fused-ring (bicyclic) bond motifs is 15. The molecule has 440 valence electrons. The number of carbonyl (C=O) groups is 4. The van der Waals surface area contributed by atoms with Gasteiger partial charge in [0.05, 0.1) is 70.4 Å². The van der Waals surface area contributed by atoms with Crippen LogP contribution in [0.15, 0.2) is 58.3 Å². The van der Waals surface area contributed by atoms with E-state index in [0.29, 0.717) is 42.9 Å². The Morgan fingerprint density at radius 3 is 2.21 bits per heavy atom. The minimum Gasteiger partial charge on any atom is -0.507 e. The fourth-order valence-corrected chi connectivity index (χ4v) is 12.8. The quantitative estimate of drug-likeness (QED) is 0.0381. The van der Waals surface area contributed by atoms with Gasteiger partial charge in [-0.25, -0.2) is 9.18 Å². The molecular weight excluding hydrogens is 1060 g/mol. The molecule has 0 radical (unpaired) electrons. The number of benzene rings is 2. The number of esters is 1. The molecule has 2 aromatic carbocycles. The van der Waals surface area contributed by atoms with Crippen molar-refractivity contribution in [1.82, 2.24) is 9.41 Å². The number of carboxylic acids is 1. The molecule has 5 aliphatic heterocycles. The number of pyridine rings is 2. The summed E-state index contributed by atoms with van der Waals surface area (Å²) >= 11 is 0. The molecule has 1 saturated carbocycles. The molecule has 1 unspecified atom stereocenters. The molecule has 82 heavy (non-hydrogen) atoms. The van der Waals surface area contributed by atoms with Crippen LogP contribution in [0.5, 0.6) is 23.0 Å². The number of halogens is 1. The highest BCUT2D eigenvalue weighted by Crippen LogP contribution is 2.55. The number of nitrogens with one attached hydrogen (secondary N) is 1. The van der Waals surface area contributed by atoms with Gasteiger partial charge in [-0.2, -0.15) is 5.10 Å². The number of hydrogen-bond acceptors (Lipinski definition) is 17. The monoisotopic (exact) mass is 1140 g/mol. The van der Waals surface area contributed by atoms with E-state index >= 15 is 4.39 Å². The summed E-state index contributed by atoms with van der Waals surface area (Å²) in [5.74, 6) is -10.4. The summed E-state index contributed by atoms with van der Waals surface area (Å²) in [6.45, 7) is 16.2. The van der Waals surface area contributed by atoms with Gasteiger partial charge in [0, 0.05) is 87.3 Å². The molecule has 10 atom stereocenters. The Bertz CT molecular complexity index is 3430. The van der Waals surface area contributed by atoms with Crippen molar-refractivity contribution in [3.63, 3.8) is 0 Å². The minimum absolute atomic E-state index is 0.0140. The summed E-state index contributed by atoms with van der Waals surface area (Å²) in [6, 6.07) is 1.45. The first kappa shape index (κ1) is 59.1. The third kappa shape index (κ3) is 10.8. The van der Waals surface area contributed by atoms with E-state index in [0.717, 1.165) is 48.3 Å². The number of anilines is 2. The van der Waals surface area contributed by atoms with Crippen LogP contribution >= 0.6 is 0 Å². The Morgan fingerprint density at radius 1 is 0.878 bits per heavy atom. The largest absolute Gasteiger partial charge is 0.507 e. The molecular formula is C61H74FN5O15. The number of carboxylic acid groups (broad SMARTS) is 1. The van der Waals surface area contributed by atoms with E-state index in [-0.39, 0.29) is 67.8 Å². The third-order valence-corrected chi connectivity index (χ3v) is 17.8. The van der Waals surface area contributed by atoms with Gasteiger partial charge in [-0.15, -0.1) is 0 Å². The lowest BCUT2D eigenvalue weighted by Crippen LogP contribution is -2.46. The zero-order valence-corrected chi connectivity index (χ0v) is 47.9. The summed E-state index contributed by atoms with van der Waals surface area (Å²) in [7, 11) is 1.42. The number of aliphatic hydroxyl groups is 2. The number of methoxy groups -OCH3 is 1. The molecule has 20 nitrogen and oxygen atoms in total. The van der Waals surface area contributed by atoms with Crippen molar-refractivity contribution in [2.75, 3.05) is 43.5 Å². The first-order valence-corrected chi connectivity index (χ1v) is 28.0. The fourth-order valence-electron chi connectivity index (χ4n) is 12.8. The van der Waals surface area contributed by atoms with Crippen LogP contribution in [0.3, 0.4) is 0 Å². The van der Waals surface area contributed by atoms with Crippen molar-refractivity contribution in [2.45, 2.75) is 131 Å². The topological polar surface area (TPSA) is 279 Å². The highest BCUT2D eigenvalue weighted by molar-refractivity contribution is 6.24. The van der Waals surface area contributed by atoms with E-state index in [1.807, 2.05) is 4.90 Å². The van der Waals surface area contributed by atoms with Crippen LogP contribution in [-0.4, -0.2) is 133 Å². The molecule has 6 aliphatic rings. The van der Waals surface area contributed by atoms with Crippen LogP contribution in [-0.2, 0) is 23.8 Å². The van der Waals surface area contributed by atoms with E-state index < -0.39 is 106 Å². The molecule has 1 aliphatic carbocycles. The zero-order chi connectivity index (χ0) is 59.5. The van der Waals surface area contributed by atoms with Crippen LogP contribution in [0.4, 0.5) is 15.8 Å². The Labute approximate surface area is 474 Å². The van der Waals surface area contributed by atoms with Crippen LogP contribution in [0, 0.1) is 55.2 Å². The van der Waals surface area contributed by atoms with Gasteiger partial charge in [-0.1, -0.05) is 45.9 Å². The number of aromatic hydroxyl groups is 3. The second-order valence-electron chi connectivity index (χ2n) is 23.2. The van der Waals surface area contributed by atoms with E-state index in [2.05, 4.69) is 5.32 Å². The molecule has 5 bridgehead atoms. The summed E-state index contributed by atoms with van der Waals surface area (Å²) in [6.07, 6.45) is 9.59. The number of hydrazone groups is 1. The highest BCUT2D eigenvalue weighted by Gasteiger charge is 2.50. The molecule has 4 aromatic rings. The maximum atomic E-state index is 16.1. The van der Waals surface area contributed by atoms with Gasteiger partial charge in [0.25, 0.3) is 17.2 Å². The maximum absolute atomic E-state index is 16.1. The van der Waals surface area contributed by atoms with Crippen molar-refractivity contribution >= 4 is 57.5 Å². The smallest absolute Gasteiger partial charge is 0.341 e. The molecule has 2 saturated heterocycles. The van der Waals surface area contributed by atoms with Gasteiger partial charge in [-0.3, -0.25) is 28.6 Å². The lowest BCUT2D eigenvalue weighted by molar-refractivity contribution is -0.160. The third-order valence-electron chi connectivity index (χ3n) is 17.8. The number of aromatic nitrogens is 1. The van der Waals surface area contributed by atoms with Gasteiger partial charge in [-0.05, 0) is 93.9 Å². The average molecular weight is 1140 g/mol. The second-order valence-corrected chi connectivity index (χ2v) is 23.2. The van der Waals surface area contributed by atoms with Gasteiger partial charge >= 0.3 is 17.7 Å². The first-order valence-electron chi connectivity index (χ1n) is 28.0. The molecule has 7 N–H and O–H groups in total. The fraction of sp³-hybridized carbons (Fsp3) is 0.508. The number of phenolic OH excluding ortho intramolecular Hbond substituents is 3. The lowest BCUT2D eigenvalue weighted by Gasteiger charge is -2.38. The number of aliphatic hydroxyl groups excluding tert-OH is 2. The normalized spacial score (nSPS) is 29.2. The van der Waals surface area contributed by atoms with Gasteiger partial charge in [0.2, 0.25) is 0 Å². The zero-order valence-electron chi connectivity index (χ0n) is 47.9. The summed E-state index contributed by atoms with van der Waals surface area (Å²) in [4.78, 5) is 68.6. The standard InChI is InChI=1S/C61H74FN5O15/c1-28-12-11-13-29(2)58(75)64-47-41(25-63-66-22-18-38(26-66)36-16-20-65(21-17-36)49-31(4)48-39(37-14-15-37)24-40(60(77)78)59(76)67(48)27-42(49)62)53(72)44-45(54(47)73)52(71)34(7)56-46(44)57(74)61(9,82-56)80-23-19-43(79-10)30(3)55(81-35(8)68)33(6)51(70)32(5)50(28)69/h11-13,19,23-25,27-28,30,32-33,36-38,43,50-51,55,69-73H,14-18,20-22,26H2,1-10H3,(H,64,75)(H,77,78)/b12-11+,23-19+,29-13-,63-25+/t28-,30+,32+,33+,38?,43-,50-,51+,55+,61-/m0/s1. The second kappa shape index (κ2) is 23.0. The van der Waals surface area contributed by atoms with E-state index in [9.17, 15) is 54.6 Å². The molecule has 7 heterocycles. The molecule has 21 heteroatoms. The lowest BCUT2D eigenvalue weighted by atomic mass is 9.78. The SMILES string of the molecule is CO[C@H]1/C=C/O[C@@]2(C)Oc3c(C)c(O)c4c(O)c(c(/C=N/N5CCC(C6CCN(c7c(F)cn8c(=O)c(C(=O)O)cc(C9CC9)c8c7C)CC6)C5)c(O)c4c3C2=O)NC(=O)/C(C)=C\C=C\[C@H](C)[C@H](O)[C@@H](C)[C@@H](O)[C@@H](C)[C@H](OC(C)=O)[C@@H]1C. The van der Waals surface area contributed by atoms with Gasteiger partial charge in [0.1, 0.15) is 28.9 Å². The molecule has 2 aromatic heterocycles. The number of rotatable bonds is 8. The average Bonchev–Trinajstić information content (AvgIpc) is 4.04. The highest BCUT2D eigenvalue weighted by atomic mass is 19.1. The number of nitrogens with zero attached hydrogens (tertiary/aromatic N) is 4. The van der Waals surface area contributed by atoms with Crippen molar-refractivity contribution in [3.05, 3.63) is 98.0 Å². The number of phenols is 3. The number of Topliss-reactive ketones (excluding diaryl/α,β-unsaturated/α-hetero) is 1. The predicted molar refractivity (Wildman–Crippen MR) is 303 cm³/mol. The summed E-state index contributed by atoms with van der Waals surface area (Å²) < 4.78 is 41.1. The van der Waals surface area contributed by atoms with Crippen molar-refractivity contribution in [1.29, 1.82) is 0 Å². The van der Waals surface area contributed by atoms with Crippen molar-refractivity contribution < 1.29 is 73.2 Å². The number of piperidine rings is 1. The summed E-state index contributed by atoms with van der Waals surface area (Å²) in [5.41, 5.74) is 0.482. The van der Waals surface area contributed by atoms with E-state index in [1.54, 1.807) is 51.8 Å². The van der Waals surface area contributed by atoms with E-state index in [4.69, 9.17) is 24.0 Å². The van der Waals surface area contributed by atoms with Crippen LogP contribution in [0.2, 0.25) is 0 Å². The Hall–Kier alpha value is -7.49. The number of aromatic carboxylic acids is 1. The molecule has 10 rings (SSSR count). The predicted octanol–water partition coefficient (Wildman–Crippen LogP) is 7.96. The molecule has 3 fully saturated rings. The Morgan fingerprint density at radius 2 is 1.56 bits per heavy atom. The van der Waals surface area contributed by atoms with E-state index in [1.165, 1.54) is 65.5 Å². The van der Waals surface area contributed by atoms with Crippen LogP contribution in [0.25, 0.3) is 16.3 Å². The molecule has 0 spiro atoms. The number of allylic oxidation sites excluding steroid dienone is 2. The van der Waals surface area contributed by atoms with Crippen molar-refractivity contribution in [2.24, 2.45) is 40.6 Å². The van der Waals surface area contributed by atoms with Gasteiger partial charge < -0.3 is 59.8 Å². The minimum atomic E-state index is -2.11. The van der Waals surface area contributed by atoms with Crippen LogP contribution in [0.1, 0.15) is 129 Å². The maximum Gasteiger partial charge on any atom is 0.341 e. The number of aryl methyl sites for hydroxylation is 1. The number of amides is 1. The number of ketones is 1. The van der Waals surface area contributed by atoms with Gasteiger partial charge in [0.15, 0.2) is 11.6 Å². The Balaban J connectivity index is 1.03. The summed E-state index contributed by atoms with van der Waals surface area (Å²) in [5, 5.41) is 78.1. The molecule has 1 amide bonds. The first-order chi connectivity index (χ1) is 38.8. The number of hydrogen-bond donors (Lipinski definition) is 7. The Kier molecular flexibility index (Phi) is 16.6. The number of ether oxygens (including phenoxy) is 4. The van der Waals surface area contributed by atoms with Crippen molar-refractivity contribution in [3.8, 4) is 23.0 Å². The van der Waals surface area contributed by atoms with Crippen LogP contribution < -0.4 is 20.5 Å².